The number of hydrogen-bond donors (Lipinski definition) is 0. The molecule has 0 N–H and O–H groups in total. The highest BCUT2D eigenvalue weighted by atomic mass is 32.2. The number of halogens is 1. The predicted molar refractivity (Wildman–Crippen MR) is 90.4 cm³/mol. The fourth-order valence-electron chi connectivity index (χ4n) is 3.54. The molecule has 3 rings (SSSR count). The van der Waals surface area contributed by atoms with Crippen LogP contribution in [0.3, 0.4) is 0 Å². The summed E-state index contributed by atoms with van der Waals surface area (Å²) in [4.78, 5) is 26.9. The van der Waals surface area contributed by atoms with Crippen LogP contribution in [0.4, 0.5) is 4.39 Å². The minimum atomic E-state index is -1.33. The molecule has 1 unspecified atom stereocenters. The van der Waals surface area contributed by atoms with Gasteiger partial charge in [-0.2, -0.15) is 0 Å². The first kappa shape index (κ1) is 18.0. The summed E-state index contributed by atoms with van der Waals surface area (Å²) in [6.45, 7) is 1.11. The van der Waals surface area contributed by atoms with Gasteiger partial charge in [-0.1, -0.05) is 12.1 Å². The molecule has 0 aliphatic carbocycles. The number of carbonyl (C=O) groups excluding carboxylic acids is 2. The van der Waals surface area contributed by atoms with Gasteiger partial charge in [0.2, 0.25) is 11.8 Å². The molecule has 0 radical (unpaired) electrons. The maximum Gasteiger partial charge on any atom is 0.248 e. The number of piperidine rings is 1. The van der Waals surface area contributed by atoms with E-state index in [-0.39, 0.29) is 36.5 Å². The first-order valence-corrected chi connectivity index (χ1v) is 9.48. The summed E-state index contributed by atoms with van der Waals surface area (Å²) in [5, 5.41) is 0. The van der Waals surface area contributed by atoms with E-state index in [0.29, 0.717) is 31.5 Å². The standard InChI is InChI=1S/C17H21FN2O4S/c1-24-11-15(21)19-7-5-17(6-8-19)20(16(22)12-25(17)23)10-13-3-2-4-14(18)9-13/h2-4,9H,5-8,10-12H2,1H3. The fraction of sp³-hybridized carbons (Fsp3) is 0.529. The topological polar surface area (TPSA) is 66.9 Å². The van der Waals surface area contributed by atoms with E-state index in [0.717, 1.165) is 0 Å². The van der Waals surface area contributed by atoms with Gasteiger partial charge in [-0.05, 0) is 17.7 Å². The SMILES string of the molecule is COCC(=O)N1CCC2(CC1)N(Cc1cccc(F)c1)C(=O)CS2=O. The van der Waals surface area contributed by atoms with Crippen LogP contribution in [0.25, 0.3) is 0 Å². The van der Waals surface area contributed by atoms with Gasteiger partial charge in [-0.15, -0.1) is 0 Å². The van der Waals surface area contributed by atoms with Gasteiger partial charge in [0.05, 0.1) is 10.8 Å². The molecule has 2 aliphatic rings. The first-order valence-electron chi connectivity index (χ1n) is 8.16. The zero-order valence-electron chi connectivity index (χ0n) is 14.1. The number of carbonyl (C=O) groups is 2. The van der Waals surface area contributed by atoms with Gasteiger partial charge in [-0.25, -0.2) is 4.39 Å². The summed E-state index contributed by atoms with van der Waals surface area (Å²) in [5.41, 5.74) is 0.671. The Labute approximate surface area is 148 Å². The second-order valence-corrected chi connectivity index (χ2v) is 8.10. The van der Waals surface area contributed by atoms with Gasteiger partial charge in [-0.3, -0.25) is 13.8 Å². The van der Waals surface area contributed by atoms with Crippen LogP contribution in [0, 0.1) is 5.82 Å². The minimum absolute atomic E-state index is 0.0126. The summed E-state index contributed by atoms with van der Waals surface area (Å²) in [5.74, 6) is -0.663. The molecule has 0 saturated carbocycles. The maximum absolute atomic E-state index is 13.4. The molecule has 2 amide bonds. The highest BCUT2D eigenvalue weighted by Gasteiger charge is 2.53. The molecule has 8 heteroatoms. The Kier molecular flexibility index (Phi) is 5.19. The van der Waals surface area contributed by atoms with E-state index in [1.165, 1.54) is 19.2 Å². The molecule has 0 aromatic heterocycles. The smallest absolute Gasteiger partial charge is 0.248 e. The number of methoxy groups -OCH3 is 1. The lowest BCUT2D eigenvalue weighted by Crippen LogP contribution is -2.55. The van der Waals surface area contributed by atoms with Crippen LogP contribution in [-0.4, -0.2) is 63.3 Å². The molecular weight excluding hydrogens is 347 g/mol. The summed E-state index contributed by atoms with van der Waals surface area (Å²) in [6, 6.07) is 6.09. The van der Waals surface area contributed by atoms with Crippen LogP contribution in [0.1, 0.15) is 18.4 Å². The number of amides is 2. The number of benzene rings is 1. The van der Waals surface area contributed by atoms with Crippen LogP contribution in [0.5, 0.6) is 0 Å². The molecule has 2 fully saturated rings. The van der Waals surface area contributed by atoms with Crippen molar-refractivity contribution in [1.29, 1.82) is 0 Å². The average molecular weight is 368 g/mol. The molecule has 25 heavy (non-hydrogen) atoms. The van der Waals surface area contributed by atoms with E-state index in [2.05, 4.69) is 0 Å². The summed E-state index contributed by atoms with van der Waals surface area (Å²) in [7, 11) is 0.141. The first-order chi connectivity index (χ1) is 12.0. The molecule has 1 aromatic carbocycles. The summed E-state index contributed by atoms with van der Waals surface area (Å²) >= 11 is 0. The Morgan fingerprint density at radius 3 is 2.72 bits per heavy atom. The lowest BCUT2D eigenvalue weighted by atomic mass is 10.0. The van der Waals surface area contributed by atoms with Gasteiger partial charge in [0, 0.05) is 39.6 Å². The molecule has 0 bridgehead atoms. The van der Waals surface area contributed by atoms with Crippen molar-refractivity contribution in [2.24, 2.45) is 0 Å². The fourth-order valence-corrected chi connectivity index (χ4v) is 5.24. The van der Waals surface area contributed by atoms with Gasteiger partial charge in [0.1, 0.15) is 23.0 Å². The van der Waals surface area contributed by atoms with Crippen LogP contribution >= 0.6 is 0 Å². The van der Waals surface area contributed by atoms with Crippen LogP contribution in [0.15, 0.2) is 24.3 Å². The molecular formula is C17H21FN2O4S. The van der Waals surface area contributed by atoms with Crippen molar-refractivity contribution in [3.8, 4) is 0 Å². The zero-order chi connectivity index (χ0) is 18.0. The minimum Gasteiger partial charge on any atom is -0.375 e. The Morgan fingerprint density at radius 2 is 2.08 bits per heavy atom. The van der Waals surface area contributed by atoms with E-state index in [1.54, 1.807) is 21.9 Å². The third-order valence-electron chi connectivity index (χ3n) is 4.87. The van der Waals surface area contributed by atoms with E-state index in [1.807, 2.05) is 0 Å². The van der Waals surface area contributed by atoms with Gasteiger partial charge < -0.3 is 14.5 Å². The summed E-state index contributed by atoms with van der Waals surface area (Å²) in [6.07, 6.45) is 0.909. The quantitative estimate of drug-likeness (QED) is 0.791. The monoisotopic (exact) mass is 368 g/mol. The summed E-state index contributed by atoms with van der Waals surface area (Å²) < 4.78 is 31.0. The Bertz CT molecular complexity index is 704. The lowest BCUT2D eigenvalue weighted by Gasteiger charge is -2.43. The van der Waals surface area contributed by atoms with Crippen molar-refractivity contribution in [3.05, 3.63) is 35.6 Å². The van der Waals surface area contributed by atoms with Gasteiger partial charge in [0.25, 0.3) is 0 Å². The normalized spacial score (nSPS) is 22.6. The van der Waals surface area contributed by atoms with Gasteiger partial charge >= 0.3 is 0 Å². The third kappa shape index (κ3) is 3.46. The average Bonchev–Trinajstić information content (AvgIpc) is 2.80. The van der Waals surface area contributed by atoms with Crippen molar-refractivity contribution in [3.63, 3.8) is 0 Å². The molecule has 2 aliphatic heterocycles. The highest BCUT2D eigenvalue weighted by molar-refractivity contribution is 7.87. The number of ether oxygens (including phenoxy) is 1. The maximum atomic E-state index is 13.4. The number of nitrogens with zero attached hydrogens (tertiary/aromatic N) is 2. The zero-order valence-corrected chi connectivity index (χ0v) is 14.9. The van der Waals surface area contributed by atoms with Crippen LogP contribution < -0.4 is 0 Å². The van der Waals surface area contributed by atoms with Crippen molar-refractivity contribution >= 4 is 22.6 Å². The molecule has 1 atom stereocenters. The largest absolute Gasteiger partial charge is 0.375 e. The molecule has 6 nitrogen and oxygen atoms in total. The molecule has 136 valence electrons. The Balaban J connectivity index is 1.77. The van der Waals surface area contributed by atoms with Crippen LogP contribution in [-0.2, 0) is 31.7 Å². The van der Waals surface area contributed by atoms with Crippen molar-refractivity contribution < 1.29 is 22.9 Å². The van der Waals surface area contributed by atoms with E-state index in [4.69, 9.17) is 4.74 Å². The van der Waals surface area contributed by atoms with E-state index < -0.39 is 15.7 Å². The second-order valence-electron chi connectivity index (χ2n) is 6.36. The van der Waals surface area contributed by atoms with Crippen molar-refractivity contribution in [2.45, 2.75) is 24.3 Å². The number of hydrogen-bond acceptors (Lipinski definition) is 4. The molecule has 1 aromatic rings. The third-order valence-corrected chi connectivity index (χ3v) is 6.85. The Hall–Kier alpha value is -1.80. The second kappa shape index (κ2) is 7.21. The van der Waals surface area contributed by atoms with Crippen molar-refractivity contribution in [1.82, 2.24) is 9.80 Å². The Morgan fingerprint density at radius 1 is 1.36 bits per heavy atom. The lowest BCUT2D eigenvalue weighted by molar-refractivity contribution is -0.138. The van der Waals surface area contributed by atoms with E-state index >= 15 is 0 Å². The predicted octanol–water partition coefficient (Wildman–Crippen LogP) is 0.882. The van der Waals surface area contributed by atoms with Gasteiger partial charge in [0.15, 0.2) is 0 Å². The molecule has 2 saturated heterocycles. The number of likely N-dealkylation sites (tertiary alicyclic amines) is 1. The molecule has 2 heterocycles. The molecule has 1 spiro atoms. The highest BCUT2D eigenvalue weighted by Crippen LogP contribution is 2.38. The van der Waals surface area contributed by atoms with Crippen molar-refractivity contribution in [2.75, 3.05) is 32.6 Å². The van der Waals surface area contributed by atoms with Crippen LogP contribution in [0.2, 0.25) is 0 Å². The van der Waals surface area contributed by atoms with E-state index in [9.17, 15) is 18.2 Å². The number of rotatable bonds is 4.